The summed E-state index contributed by atoms with van der Waals surface area (Å²) in [5.41, 5.74) is 0.163. The molecule has 12 heteroatoms. The Morgan fingerprint density at radius 1 is 0.520 bits per heavy atom. The molecule has 0 aliphatic rings. The Bertz CT molecular complexity index is 1470. The van der Waals surface area contributed by atoms with Gasteiger partial charge in [-0.3, -0.25) is 0 Å². The Morgan fingerprint density at radius 2 is 0.860 bits per heavy atom. The van der Waals surface area contributed by atoms with Crippen molar-refractivity contribution >= 4 is 23.9 Å². The summed E-state index contributed by atoms with van der Waals surface area (Å²) in [5, 5.41) is 0. The number of rotatable bonds is 22. The van der Waals surface area contributed by atoms with Crippen LogP contribution in [0.5, 0.6) is 23.0 Å². The lowest BCUT2D eigenvalue weighted by molar-refractivity contribution is -0.138. The van der Waals surface area contributed by atoms with Crippen molar-refractivity contribution in [3.05, 3.63) is 109 Å². The van der Waals surface area contributed by atoms with Gasteiger partial charge in [-0.1, -0.05) is 13.2 Å². The summed E-state index contributed by atoms with van der Waals surface area (Å²) in [5.74, 6) is -5.27. The molecule has 0 aliphatic heterocycles. The lowest BCUT2D eigenvalue weighted by atomic mass is 10.2. The standard InChI is InChI=1S/C38H40F2O10/c1-3-35(41)47-23-11-7-5-9-21-45-29-17-13-27(14-18-29)37(43)49-33-25-32(40)34(26-31(33)39)50-38(44)28-15-19-30(20-16-28)46-22-10-6-8-12-24-48-36(42)4-2/h3-4,13-20,25-26H,1-2,5-12,21-24H2. The summed E-state index contributed by atoms with van der Waals surface area (Å²) in [6, 6.07) is 13.2. The van der Waals surface area contributed by atoms with Crippen LogP contribution in [-0.2, 0) is 19.1 Å². The Kier molecular flexibility index (Phi) is 16.7. The van der Waals surface area contributed by atoms with E-state index >= 15 is 0 Å². The van der Waals surface area contributed by atoms with E-state index in [4.69, 9.17) is 28.4 Å². The molecular formula is C38H40F2O10. The van der Waals surface area contributed by atoms with E-state index in [9.17, 15) is 28.0 Å². The number of hydrogen-bond acceptors (Lipinski definition) is 10. The molecule has 0 unspecified atom stereocenters. The first-order valence-electron chi connectivity index (χ1n) is 16.2. The Hall–Kier alpha value is -5.52. The number of unbranched alkanes of at least 4 members (excludes halogenated alkanes) is 6. The van der Waals surface area contributed by atoms with Crippen molar-refractivity contribution in [1.29, 1.82) is 0 Å². The zero-order valence-corrected chi connectivity index (χ0v) is 27.7. The maximum atomic E-state index is 14.8. The lowest BCUT2D eigenvalue weighted by Gasteiger charge is -2.11. The van der Waals surface area contributed by atoms with Crippen molar-refractivity contribution in [2.75, 3.05) is 26.4 Å². The molecular weight excluding hydrogens is 654 g/mol. The van der Waals surface area contributed by atoms with E-state index in [1.54, 1.807) is 24.3 Å². The van der Waals surface area contributed by atoms with Crippen LogP contribution < -0.4 is 18.9 Å². The van der Waals surface area contributed by atoms with Gasteiger partial charge in [0.05, 0.1) is 37.6 Å². The Labute approximate surface area is 289 Å². The summed E-state index contributed by atoms with van der Waals surface area (Å²) in [6.07, 6.45) is 8.77. The molecule has 3 aromatic rings. The van der Waals surface area contributed by atoms with Crippen LogP contribution in [0.15, 0.2) is 86.0 Å². The lowest BCUT2D eigenvalue weighted by Crippen LogP contribution is -2.12. The fourth-order valence-electron chi connectivity index (χ4n) is 4.32. The van der Waals surface area contributed by atoms with Crippen molar-refractivity contribution in [1.82, 2.24) is 0 Å². The van der Waals surface area contributed by atoms with Gasteiger partial charge in [0.2, 0.25) is 0 Å². The average Bonchev–Trinajstić information content (AvgIpc) is 3.12. The molecule has 0 bridgehead atoms. The zero-order valence-electron chi connectivity index (χ0n) is 27.7. The first-order valence-corrected chi connectivity index (χ1v) is 16.2. The fourth-order valence-corrected chi connectivity index (χ4v) is 4.32. The third-order valence-electron chi connectivity index (χ3n) is 7.01. The minimum absolute atomic E-state index is 0.0814. The predicted octanol–water partition coefficient (Wildman–Crippen LogP) is 7.74. The average molecular weight is 695 g/mol. The fraction of sp³-hybridized carbons (Fsp3) is 0.316. The van der Waals surface area contributed by atoms with Gasteiger partial charge < -0.3 is 28.4 Å². The second kappa shape index (κ2) is 21.5. The van der Waals surface area contributed by atoms with Crippen molar-refractivity contribution in [2.45, 2.75) is 51.4 Å². The summed E-state index contributed by atoms with van der Waals surface area (Å²) in [6.45, 7) is 8.24. The van der Waals surface area contributed by atoms with E-state index in [2.05, 4.69) is 13.2 Å². The third kappa shape index (κ3) is 13.9. The van der Waals surface area contributed by atoms with Gasteiger partial charge in [0, 0.05) is 24.3 Å². The van der Waals surface area contributed by atoms with Crippen LogP contribution in [0.1, 0.15) is 72.1 Å². The molecule has 10 nitrogen and oxygen atoms in total. The van der Waals surface area contributed by atoms with Crippen LogP contribution in [0.25, 0.3) is 0 Å². The minimum atomic E-state index is -1.11. The number of benzene rings is 3. The van der Waals surface area contributed by atoms with Crippen molar-refractivity contribution in [3.63, 3.8) is 0 Å². The highest BCUT2D eigenvalue weighted by molar-refractivity contribution is 5.92. The van der Waals surface area contributed by atoms with E-state index in [0.717, 1.165) is 63.5 Å². The largest absolute Gasteiger partial charge is 0.494 e. The molecule has 0 saturated heterocycles. The molecule has 3 rings (SSSR count). The number of hydrogen-bond donors (Lipinski definition) is 0. The molecule has 0 spiro atoms. The van der Waals surface area contributed by atoms with Crippen LogP contribution >= 0.6 is 0 Å². The van der Waals surface area contributed by atoms with Gasteiger partial charge in [-0.25, -0.2) is 28.0 Å². The molecule has 0 fully saturated rings. The van der Waals surface area contributed by atoms with Crippen LogP contribution in [0.4, 0.5) is 8.78 Å². The van der Waals surface area contributed by atoms with Crippen LogP contribution in [0.2, 0.25) is 0 Å². The minimum Gasteiger partial charge on any atom is -0.494 e. The molecule has 0 atom stereocenters. The Morgan fingerprint density at radius 3 is 1.20 bits per heavy atom. The molecule has 0 amide bonds. The van der Waals surface area contributed by atoms with Crippen molar-refractivity contribution in [3.8, 4) is 23.0 Å². The summed E-state index contributed by atoms with van der Waals surface area (Å²) < 4.78 is 60.8. The number of halogens is 2. The topological polar surface area (TPSA) is 124 Å². The highest BCUT2D eigenvalue weighted by Crippen LogP contribution is 2.28. The second-order valence-electron chi connectivity index (χ2n) is 10.8. The molecule has 3 aromatic carbocycles. The molecule has 50 heavy (non-hydrogen) atoms. The van der Waals surface area contributed by atoms with E-state index in [1.807, 2.05) is 0 Å². The third-order valence-corrected chi connectivity index (χ3v) is 7.01. The van der Waals surface area contributed by atoms with Gasteiger partial charge in [0.15, 0.2) is 23.1 Å². The summed E-state index contributed by atoms with van der Waals surface area (Å²) in [4.78, 5) is 47.1. The summed E-state index contributed by atoms with van der Waals surface area (Å²) in [7, 11) is 0. The highest BCUT2D eigenvalue weighted by Gasteiger charge is 2.19. The predicted molar refractivity (Wildman–Crippen MR) is 179 cm³/mol. The smallest absolute Gasteiger partial charge is 0.343 e. The van der Waals surface area contributed by atoms with E-state index in [0.29, 0.717) is 50.1 Å². The normalized spacial score (nSPS) is 10.4. The Balaban J connectivity index is 1.39. The number of ether oxygens (including phenoxy) is 6. The van der Waals surface area contributed by atoms with Gasteiger partial charge in [-0.05, 0) is 99.9 Å². The van der Waals surface area contributed by atoms with Crippen LogP contribution in [0.3, 0.4) is 0 Å². The monoisotopic (exact) mass is 694 g/mol. The van der Waals surface area contributed by atoms with Gasteiger partial charge in [0.25, 0.3) is 0 Å². The van der Waals surface area contributed by atoms with Gasteiger partial charge in [0.1, 0.15) is 11.5 Å². The molecule has 0 N–H and O–H groups in total. The maximum Gasteiger partial charge on any atom is 0.343 e. The summed E-state index contributed by atoms with van der Waals surface area (Å²) >= 11 is 0. The molecule has 0 aromatic heterocycles. The second-order valence-corrected chi connectivity index (χ2v) is 10.8. The zero-order chi connectivity index (χ0) is 36.1. The number of carbonyl (C=O) groups is 4. The molecule has 0 heterocycles. The highest BCUT2D eigenvalue weighted by atomic mass is 19.1. The van der Waals surface area contributed by atoms with Gasteiger partial charge >= 0.3 is 23.9 Å². The molecule has 0 aliphatic carbocycles. The first kappa shape index (κ1) is 38.9. The van der Waals surface area contributed by atoms with Crippen LogP contribution in [-0.4, -0.2) is 50.3 Å². The van der Waals surface area contributed by atoms with Crippen LogP contribution in [0, 0.1) is 11.6 Å². The van der Waals surface area contributed by atoms with Gasteiger partial charge in [-0.15, -0.1) is 0 Å². The quantitative estimate of drug-likeness (QED) is 0.0447. The van der Waals surface area contributed by atoms with Crippen molar-refractivity contribution < 1.29 is 56.4 Å². The van der Waals surface area contributed by atoms with Gasteiger partial charge in [-0.2, -0.15) is 0 Å². The number of carbonyl (C=O) groups excluding carboxylic acids is 4. The van der Waals surface area contributed by atoms with E-state index < -0.39 is 47.0 Å². The number of esters is 4. The maximum absolute atomic E-state index is 14.8. The van der Waals surface area contributed by atoms with Crippen molar-refractivity contribution in [2.24, 2.45) is 0 Å². The van der Waals surface area contributed by atoms with E-state index in [1.165, 1.54) is 24.3 Å². The SMILES string of the molecule is C=CC(=O)OCCCCCCOc1ccc(C(=O)Oc2cc(F)c(OC(=O)c3ccc(OCCCCCCOC(=O)C=C)cc3)cc2F)cc1. The van der Waals surface area contributed by atoms with E-state index in [-0.39, 0.29) is 11.1 Å². The molecule has 0 radical (unpaired) electrons. The molecule has 266 valence electrons. The molecule has 0 saturated carbocycles. The first-order chi connectivity index (χ1) is 24.2.